The van der Waals surface area contributed by atoms with Crippen molar-refractivity contribution in [3.05, 3.63) is 194 Å². The Morgan fingerprint density at radius 2 is 0.653 bits per heavy atom. The number of nitrogens with zero attached hydrogens (tertiary/aromatic N) is 3. The van der Waals surface area contributed by atoms with E-state index in [9.17, 15) is 42.9 Å². The second kappa shape index (κ2) is 20.0. The molecule has 3 atom stereocenters. The van der Waals surface area contributed by atoms with E-state index in [1.54, 1.807) is 0 Å². The molecule has 0 radical (unpaired) electrons. The second-order valence-corrected chi connectivity index (χ2v) is 20.1. The van der Waals surface area contributed by atoms with Crippen molar-refractivity contribution in [2.24, 2.45) is 0 Å². The van der Waals surface area contributed by atoms with Crippen molar-refractivity contribution in [1.29, 1.82) is 0 Å². The number of hydrogen-bond acceptors (Lipinski definition) is 9. The van der Waals surface area contributed by atoms with Crippen molar-refractivity contribution in [2.45, 2.75) is 131 Å². The number of aliphatic hydroxyl groups excluding tert-OH is 3. The van der Waals surface area contributed by atoms with Crippen molar-refractivity contribution in [1.82, 2.24) is 30.9 Å². The first-order chi connectivity index (χ1) is 34.7. The number of pyridine rings is 3. The molecule has 15 heteroatoms. The third-order valence-electron chi connectivity index (χ3n) is 14.9. The standard InChI is InChI=1S/3C19H19FN2O2/c3*20-13-6-4-12(5-7-13)18(24)22-19(10-11-19)17-9-8-14-15(21-17)2-1-3-16(14)23/h3*4-9,16,23H,1-3,10-11H2,(H,22,24). The molecule has 3 fully saturated rings. The number of aliphatic hydroxyl groups is 3. The summed E-state index contributed by atoms with van der Waals surface area (Å²) in [5, 5.41) is 39.3. The van der Waals surface area contributed by atoms with Crippen LogP contribution in [-0.4, -0.2) is 48.0 Å². The van der Waals surface area contributed by atoms with Gasteiger partial charge in [-0.15, -0.1) is 0 Å². The summed E-state index contributed by atoms with van der Waals surface area (Å²) in [6, 6.07) is 28.1. The number of hydrogen-bond donors (Lipinski definition) is 6. The average Bonchev–Trinajstić information content (AvgIpc) is 4.31. The first kappa shape index (κ1) is 48.8. The van der Waals surface area contributed by atoms with Crippen LogP contribution in [0.25, 0.3) is 0 Å². The van der Waals surface area contributed by atoms with Gasteiger partial charge in [-0.2, -0.15) is 0 Å². The molecule has 372 valence electrons. The van der Waals surface area contributed by atoms with Crippen LogP contribution < -0.4 is 16.0 Å². The van der Waals surface area contributed by atoms with Gasteiger partial charge in [0.05, 0.1) is 52.0 Å². The van der Waals surface area contributed by atoms with Crippen molar-refractivity contribution >= 4 is 17.7 Å². The fraction of sp³-hybridized carbons (Fsp3) is 0.368. The Balaban J connectivity index is 0.000000124. The van der Waals surface area contributed by atoms with E-state index in [2.05, 4.69) is 16.0 Å². The lowest BCUT2D eigenvalue weighted by molar-refractivity contribution is 0.0921. The minimum absolute atomic E-state index is 0.216. The highest BCUT2D eigenvalue weighted by atomic mass is 19.1. The molecule has 3 heterocycles. The van der Waals surface area contributed by atoms with Crippen LogP contribution in [0.1, 0.15) is 177 Å². The predicted molar refractivity (Wildman–Crippen MR) is 261 cm³/mol. The zero-order valence-corrected chi connectivity index (χ0v) is 39.8. The van der Waals surface area contributed by atoms with Crippen molar-refractivity contribution < 1.29 is 42.9 Å². The number of benzene rings is 3. The molecule has 3 aromatic heterocycles. The molecule has 12 rings (SSSR count). The molecular formula is C57H57F3N6O6. The van der Waals surface area contributed by atoms with Crippen LogP contribution in [0.15, 0.2) is 109 Å². The Bertz CT molecular complexity index is 2670. The Kier molecular flexibility index (Phi) is 13.6. The lowest BCUT2D eigenvalue weighted by Gasteiger charge is -2.23. The minimum Gasteiger partial charge on any atom is -0.388 e. The zero-order valence-electron chi connectivity index (χ0n) is 39.8. The highest BCUT2D eigenvalue weighted by Gasteiger charge is 2.49. The molecule has 12 nitrogen and oxygen atoms in total. The second-order valence-electron chi connectivity index (χ2n) is 20.1. The summed E-state index contributed by atoms with van der Waals surface area (Å²) in [6.07, 6.45) is 11.5. The Morgan fingerprint density at radius 3 is 0.889 bits per heavy atom. The fourth-order valence-electron chi connectivity index (χ4n) is 10.1. The van der Waals surface area contributed by atoms with Crippen LogP contribution in [0, 0.1) is 17.5 Å². The number of aryl methyl sites for hydroxylation is 3. The zero-order chi connectivity index (χ0) is 50.2. The van der Waals surface area contributed by atoms with Gasteiger partial charge in [-0.3, -0.25) is 29.3 Å². The number of carbonyl (C=O) groups is 3. The third kappa shape index (κ3) is 10.6. The van der Waals surface area contributed by atoms with Crippen molar-refractivity contribution in [3.63, 3.8) is 0 Å². The highest BCUT2D eigenvalue weighted by molar-refractivity contribution is 5.96. The molecule has 6 aliphatic rings. The Hall–Kier alpha value is -6.81. The molecule has 0 aliphatic heterocycles. The smallest absolute Gasteiger partial charge is 0.252 e. The van der Waals surface area contributed by atoms with Gasteiger partial charge in [0, 0.05) is 50.5 Å². The number of halogens is 3. The largest absolute Gasteiger partial charge is 0.388 e. The highest BCUT2D eigenvalue weighted by Crippen LogP contribution is 2.48. The first-order valence-electron chi connectivity index (χ1n) is 25.0. The Labute approximate surface area is 415 Å². The number of rotatable bonds is 9. The maximum absolute atomic E-state index is 13.0. The van der Waals surface area contributed by atoms with Gasteiger partial charge in [-0.05, 0) is 187 Å². The summed E-state index contributed by atoms with van der Waals surface area (Å²) >= 11 is 0. The number of nitrogens with one attached hydrogen (secondary N) is 3. The van der Waals surface area contributed by atoms with E-state index < -0.39 is 34.9 Å². The summed E-state index contributed by atoms with van der Waals surface area (Å²) in [7, 11) is 0. The molecule has 3 amide bonds. The van der Waals surface area contributed by atoms with Gasteiger partial charge >= 0.3 is 0 Å². The number of amides is 3. The molecule has 3 aromatic carbocycles. The summed E-state index contributed by atoms with van der Waals surface area (Å²) in [5.41, 5.74) is 8.14. The maximum atomic E-state index is 13.0. The van der Waals surface area contributed by atoms with E-state index in [1.807, 2.05) is 36.4 Å². The molecular weight excluding hydrogens is 922 g/mol. The van der Waals surface area contributed by atoms with Crippen LogP contribution in [-0.2, 0) is 35.9 Å². The minimum atomic E-state index is -0.431. The maximum Gasteiger partial charge on any atom is 0.252 e. The van der Waals surface area contributed by atoms with Gasteiger partial charge in [0.15, 0.2) is 0 Å². The van der Waals surface area contributed by atoms with E-state index in [4.69, 9.17) is 15.0 Å². The lowest BCUT2D eigenvalue weighted by atomic mass is 9.92. The monoisotopic (exact) mass is 978 g/mol. The molecule has 6 aliphatic carbocycles. The van der Waals surface area contributed by atoms with E-state index in [-0.39, 0.29) is 35.2 Å². The normalized spacial score (nSPS) is 21.0. The third-order valence-corrected chi connectivity index (χ3v) is 14.9. The molecule has 6 aromatic rings. The predicted octanol–water partition coefficient (Wildman–Crippen LogP) is 9.03. The first-order valence-corrected chi connectivity index (χ1v) is 25.0. The summed E-state index contributed by atoms with van der Waals surface area (Å²) in [6.45, 7) is 0. The van der Waals surface area contributed by atoms with Crippen LogP contribution >= 0.6 is 0 Å². The van der Waals surface area contributed by atoms with E-state index in [0.717, 1.165) is 147 Å². The summed E-state index contributed by atoms with van der Waals surface area (Å²) in [5.74, 6) is -1.72. The van der Waals surface area contributed by atoms with Gasteiger partial charge < -0.3 is 31.3 Å². The topological polar surface area (TPSA) is 187 Å². The van der Waals surface area contributed by atoms with Gasteiger partial charge in [0.2, 0.25) is 0 Å². The molecule has 6 N–H and O–H groups in total. The molecule has 0 bridgehead atoms. The Morgan fingerprint density at radius 1 is 0.403 bits per heavy atom. The molecule has 3 saturated carbocycles. The average molecular weight is 979 g/mol. The van der Waals surface area contributed by atoms with Crippen LogP contribution in [0.3, 0.4) is 0 Å². The van der Waals surface area contributed by atoms with Gasteiger partial charge in [0.1, 0.15) is 17.5 Å². The number of fused-ring (bicyclic) bond motifs is 3. The molecule has 3 unspecified atom stereocenters. The number of aromatic nitrogens is 3. The van der Waals surface area contributed by atoms with Crippen LogP contribution in [0.4, 0.5) is 13.2 Å². The van der Waals surface area contributed by atoms with E-state index in [0.29, 0.717) is 16.7 Å². The molecule has 0 saturated heterocycles. The fourth-order valence-corrected chi connectivity index (χ4v) is 10.1. The van der Waals surface area contributed by atoms with Crippen molar-refractivity contribution in [2.75, 3.05) is 0 Å². The lowest BCUT2D eigenvalue weighted by Crippen LogP contribution is -2.36. The van der Waals surface area contributed by atoms with Crippen LogP contribution in [0.2, 0.25) is 0 Å². The van der Waals surface area contributed by atoms with Crippen LogP contribution in [0.5, 0.6) is 0 Å². The van der Waals surface area contributed by atoms with Gasteiger partial charge in [-0.25, -0.2) is 13.2 Å². The van der Waals surface area contributed by atoms with E-state index in [1.165, 1.54) is 72.8 Å². The summed E-state index contributed by atoms with van der Waals surface area (Å²) < 4.78 is 39.0. The van der Waals surface area contributed by atoms with Gasteiger partial charge in [0.25, 0.3) is 17.7 Å². The molecule has 0 spiro atoms. The van der Waals surface area contributed by atoms with E-state index >= 15 is 0 Å². The van der Waals surface area contributed by atoms with Crippen molar-refractivity contribution in [3.8, 4) is 0 Å². The quantitative estimate of drug-likeness (QED) is 0.0822. The molecule has 72 heavy (non-hydrogen) atoms. The van der Waals surface area contributed by atoms with Gasteiger partial charge in [-0.1, -0.05) is 18.2 Å². The number of carbonyl (C=O) groups excluding carboxylic acids is 3. The summed E-state index contributed by atoms with van der Waals surface area (Å²) in [4.78, 5) is 51.4. The SMILES string of the molecule is O=C(NC1(c2ccc3c(n2)CCCC3O)CC1)c1ccc(F)cc1.O=C(NC1(c2ccc3c(n2)CCCC3O)CC1)c1ccc(F)cc1.O=C(NC1(c2ccc3c(n2)CCCC3O)CC1)c1ccc(F)cc1.